The summed E-state index contributed by atoms with van der Waals surface area (Å²) in [5.41, 5.74) is 7.63. The molecule has 0 heterocycles. The van der Waals surface area contributed by atoms with Gasteiger partial charge < -0.3 is 20.5 Å². The van der Waals surface area contributed by atoms with E-state index < -0.39 is 15.9 Å². The highest BCUT2D eigenvalue weighted by atomic mass is 35.5. The Labute approximate surface area is 224 Å². The van der Waals surface area contributed by atoms with Gasteiger partial charge in [-0.1, -0.05) is 54.1 Å². The van der Waals surface area contributed by atoms with Crippen LogP contribution in [0.15, 0.2) is 89.8 Å². The molecule has 0 spiro atoms. The minimum absolute atomic E-state index is 0.0129. The summed E-state index contributed by atoms with van der Waals surface area (Å²) in [7, 11) is -2.49. The molecule has 0 saturated heterocycles. The number of nitrogens with two attached hydrogens (primary N) is 2. The van der Waals surface area contributed by atoms with Crippen LogP contribution in [0, 0.1) is 5.41 Å². The Hall–Kier alpha value is -4.38. The lowest BCUT2D eigenvalue weighted by Gasteiger charge is -2.15. The molecule has 38 heavy (non-hydrogen) atoms. The van der Waals surface area contributed by atoms with E-state index in [1.165, 1.54) is 25.3 Å². The molecular weight excluding hydrogens is 528 g/mol. The number of carbonyl (C=O) groups is 1. The average molecular weight is 551 g/mol. The van der Waals surface area contributed by atoms with E-state index >= 15 is 0 Å². The van der Waals surface area contributed by atoms with Crippen molar-refractivity contribution in [3.63, 3.8) is 0 Å². The predicted molar refractivity (Wildman–Crippen MR) is 147 cm³/mol. The number of hydrogen-bond donors (Lipinski definition) is 4. The van der Waals surface area contributed by atoms with Crippen LogP contribution in [-0.2, 0) is 10.0 Å². The topological polar surface area (TPSA) is 158 Å². The third kappa shape index (κ3) is 5.94. The van der Waals surface area contributed by atoms with Crippen LogP contribution in [-0.4, -0.2) is 27.3 Å². The smallest absolute Gasteiger partial charge is 0.255 e. The lowest BCUT2D eigenvalue weighted by Crippen LogP contribution is -2.14. The molecule has 0 atom stereocenters. The largest absolute Gasteiger partial charge is 0.495 e. The number of hydrogen-bond acceptors (Lipinski definition) is 6. The van der Waals surface area contributed by atoms with Crippen molar-refractivity contribution in [3.05, 3.63) is 101 Å². The van der Waals surface area contributed by atoms with Crippen molar-refractivity contribution in [3.8, 4) is 28.4 Å². The fourth-order valence-electron chi connectivity index (χ4n) is 3.68. The molecular formula is C27H23ClN4O5S. The SMILES string of the molecule is COc1cc(NC(=O)c2ccc(-c3ccccc3S(N)(=O)=O)cc2)c(Oc2cccc(C(=N)N)c2)cc1Cl. The molecule has 4 rings (SSSR count). The number of ether oxygens (including phenoxy) is 2. The highest BCUT2D eigenvalue weighted by Gasteiger charge is 2.17. The quantitative estimate of drug-likeness (QED) is 0.179. The molecule has 0 aliphatic heterocycles. The number of rotatable bonds is 8. The van der Waals surface area contributed by atoms with E-state index in [2.05, 4.69) is 5.32 Å². The van der Waals surface area contributed by atoms with Crippen LogP contribution < -0.4 is 25.7 Å². The molecule has 0 aliphatic carbocycles. The molecule has 4 aromatic rings. The van der Waals surface area contributed by atoms with E-state index in [9.17, 15) is 13.2 Å². The van der Waals surface area contributed by atoms with Gasteiger partial charge in [0.1, 0.15) is 17.3 Å². The highest BCUT2D eigenvalue weighted by molar-refractivity contribution is 7.89. The molecule has 0 bridgehead atoms. The van der Waals surface area contributed by atoms with Crippen molar-refractivity contribution in [2.75, 3.05) is 12.4 Å². The maximum atomic E-state index is 13.1. The van der Waals surface area contributed by atoms with Crippen LogP contribution in [0.25, 0.3) is 11.1 Å². The molecule has 4 aromatic carbocycles. The van der Waals surface area contributed by atoms with Crippen molar-refractivity contribution < 1.29 is 22.7 Å². The Morgan fingerprint density at radius 2 is 1.63 bits per heavy atom. The van der Waals surface area contributed by atoms with Gasteiger partial charge in [-0.15, -0.1) is 0 Å². The van der Waals surface area contributed by atoms with Gasteiger partial charge >= 0.3 is 0 Å². The van der Waals surface area contributed by atoms with Crippen molar-refractivity contribution in [1.29, 1.82) is 5.41 Å². The second-order valence-electron chi connectivity index (χ2n) is 8.10. The zero-order chi connectivity index (χ0) is 27.4. The second kappa shape index (κ2) is 10.9. The van der Waals surface area contributed by atoms with Crippen LogP contribution in [0.3, 0.4) is 0 Å². The van der Waals surface area contributed by atoms with Crippen LogP contribution in [0.4, 0.5) is 5.69 Å². The molecule has 0 aromatic heterocycles. The first-order valence-corrected chi connectivity index (χ1v) is 13.0. The Bertz CT molecular complexity index is 1640. The normalized spacial score (nSPS) is 11.0. The van der Waals surface area contributed by atoms with Gasteiger partial charge in [0.2, 0.25) is 10.0 Å². The first kappa shape index (κ1) is 26.7. The minimum atomic E-state index is -3.93. The molecule has 6 N–H and O–H groups in total. The fourth-order valence-corrected chi connectivity index (χ4v) is 4.67. The van der Waals surface area contributed by atoms with Gasteiger partial charge in [-0.25, -0.2) is 13.6 Å². The Balaban J connectivity index is 1.63. The molecule has 0 unspecified atom stereocenters. The summed E-state index contributed by atoms with van der Waals surface area (Å²) in [6.07, 6.45) is 0. The summed E-state index contributed by atoms with van der Waals surface area (Å²) in [5.74, 6) is 0.368. The van der Waals surface area contributed by atoms with Crippen molar-refractivity contribution in [2.45, 2.75) is 4.90 Å². The summed E-state index contributed by atoms with van der Waals surface area (Å²) in [6.45, 7) is 0. The number of nitrogens with one attached hydrogen (secondary N) is 2. The van der Waals surface area contributed by atoms with E-state index in [0.29, 0.717) is 33.8 Å². The van der Waals surface area contributed by atoms with Crippen LogP contribution in [0.1, 0.15) is 15.9 Å². The number of amidine groups is 1. The molecule has 0 fully saturated rings. The average Bonchev–Trinajstić information content (AvgIpc) is 2.90. The Kier molecular flexibility index (Phi) is 7.67. The number of nitrogen functional groups attached to an aromatic ring is 1. The molecule has 0 saturated carbocycles. The molecule has 9 nitrogen and oxygen atoms in total. The first-order valence-electron chi connectivity index (χ1n) is 11.1. The third-order valence-electron chi connectivity index (χ3n) is 5.53. The summed E-state index contributed by atoms with van der Waals surface area (Å²) >= 11 is 6.30. The van der Waals surface area contributed by atoms with E-state index in [0.717, 1.165) is 0 Å². The van der Waals surface area contributed by atoms with Gasteiger partial charge in [-0.2, -0.15) is 0 Å². The van der Waals surface area contributed by atoms with Crippen molar-refractivity contribution in [1.82, 2.24) is 0 Å². The molecule has 1 amide bonds. The van der Waals surface area contributed by atoms with Crippen molar-refractivity contribution >= 4 is 39.1 Å². The highest BCUT2D eigenvalue weighted by Crippen LogP contribution is 2.39. The summed E-state index contributed by atoms with van der Waals surface area (Å²) in [5, 5.41) is 16.0. The summed E-state index contributed by atoms with van der Waals surface area (Å²) in [4.78, 5) is 13.1. The maximum absolute atomic E-state index is 13.1. The number of methoxy groups -OCH3 is 1. The summed E-state index contributed by atoms with van der Waals surface area (Å²) in [6, 6.07) is 22.4. The van der Waals surface area contributed by atoms with Gasteiger partial charge in [0.15, 0.2) is 5.75 Å². The number of carbonyl (C=O) groups excluding carboxylic acids is 1. The monoisotopic (exact) mass is 550 g/mol. The van der Waals surface area contributed by atoms with Gasteiger partial charge in [0, 0.05) is 28.8 Å². The number of benzene rings is 4. The molecule has 0 aliphatic rings. The predicted octanol–water partition coefficient (Wildman–Crippen LogP) is 4.99. The number of halogens is 1. The summed E-state index contributed by atoms with van der Waals surface area (Å²) < 4.78 is 35.2. The molecule has 11 heteroatoms. The Morgan fingerprint density at radius 3 is 2.29 bits per heavy atom. The number of anilines is 1. The molecule has 0 radical (unpaired) electrons. The van der Waals surface area contributed by atoms with Crippen LogP contribution in [0.2, 0.25) is 5.02 Å². The minimum Gasteiger partial charge on any atom is -0.495 e. The van der Waals surface area contributed by atoms with E-state index in [1.807, 2.05) is 0 Å². The number of amides is 1. The fraction of sp³-hybridized carbons (Fsp3) is 0.0370. The van der Waals surface area contributed by atoms with Gasteiger partial charge in [0.25, 0.3) is 5.91 Å². The lowest BCUT2D eigenvalue weighted by molar-refractivity contribution is 0.102. The van der Waals surface area contributed by atoms with E-state index in [1.54, 1.807) is 66.7 Å². The van der Waals surface area contributed by atoms with Crippen LogP contribution >= 0.6 is 11.6 Å². The zero-order valence-electron chi connectivity index (χ0n) is 20.1. The van der Waals surface area contributed by atoms with Gasteiger partial charge in [0.05, 0.1) is 22.7 Å². The van der Waals surface area contributed by atoms with Crippen molar-refractivity contribution in [2.24, 2.45) is 10.9 Å². The maximum Gasteiger partial charge on any atom is 0.255 e. The van der Waals surface area contributed by atoms with Gasteiger partial charge in [-0.3, -0.25) is 10.2 Å². The molecule has 194 valence electrons. The number of primary sulfonamides is 1. The number of sulfonamides is 1. The third-order valence-corrected chi connectivity index (χ3v) is 6.79. The lowest BCUT2D eigenvalue weighted by atomic mass is 10.0. The van der Waals surface area contributed by atoms with E-state index in [-0.39, 0.29) is 27.2 Å². The standard InChI is InChI=1S/C27H23ClN4O5S/c1-36-23-15-22(24(14-21(23)28)37-19-6-4-5-18(13-19)26(29)30)32-27(33)17-11-9-16(10-12-17)20-7-2-3-8-25(20)38(31,34)35/h2-15H,1H3,(H3,29,30)(H,32,33)(H2,31,34,35). The van der Waals surface area contributed by atoms with Gasteiger partial charge in [-0.05, 0) is 35.9 Å². The first-order chi connectivity index (χ1) is 18.1. The van der Waals surface area contributed by atoms with E-state index in [4.69, 9.17) is 37.4 Å². The Morgan fingerprint density at radius 1 is 0.921 bits per heavy atom. The second-order valence-corrected chi connectivity index (χ2v) is 10.0. The zero-order valence-corrected chi connectivity index (χ0v) is 21.6. The van der Waals surface area contributed by atoms with Crippen LogP contribution in [0.5, 0.6) is 17.2 Å².